The Hall–Kier alpha value is -12.1. The molecule has 111 heavy (non-hydrogen) atoms. The number of hydrogen-bond acceptors (Lipinski definition) is 29. The Labute approximate surface area is 631 Å². The number of amides is 1. The van der Waals surface area contributed by atoms with Crippen molar-refractivity contribution in [1.82, 2.24) is 45.5 Å². The van der Waals surface area contributed by atoms with Crippen LogP contribution in [-0.2, 0) is 76.7 Å². The fraction of sp³-hybridized carbons (Fsp3) is 0.470. The number of benzene rings is 3. The summed E-state index contributed by atoms with van der Waals surface area (Å²) in [5.74, 6) is -19.1. The number of Topliss-reactive ketones (excluding diaryl/α,β-unsaturated/α-hetero) is 1. The molecule has 0 bridgehead atoms. The van der Waals surface area contributed by atoms with Gasteiger partial charge in [0.1, 0.15) is 23.3 Å². The third-order valence-electron chi connectivity index (χ3n) is 13.7. The van der Waals surface area contributed by atoms with E-state index in [1.165, 1.54) is 46.5 Å². The summed E-state index contributed by atoms with van der Waals surface area (Å²) in [4.78, 5) is 188. The van der Waals surface area contributed by atoms with Gasteiger partial charge in [0.2, 0.25) is 0 Å². The quantitative estimate of drug-likeness (QED) is 0.0125. The van der Waals surface area contributed by atoms with E-state index in [0.29, 0.717) is 49.8 Å². The number of unbranched alkanes of at least 4 members (excludes halogenated alkanes) is 1. The molecule has 45 heteroatoms. The number of carboxylic acids is 15. The SMILES string of the molecule is CC(=O)c1ccccc1O.O=C(O)C(CCCNC(C(=O)O)c1ccccc1O)c1ccccc1O.O=C(O)CCCCNCC(=O)O.O=C(O)CN(CC(=O)O)CC(=O)NO.O=C(O)CN(CCCN(CC(=O)O)CC(=O)O)CCCN(CC(=O)O)CC(=O)O.O=C(O)CN(CCN(CC(=O)O)CC(=O)O)CC(=O)O. The summed E-state index contributed by atoms with van der Waals surface area (Å²) in [6.45, 7) is -3.10. The number of carboxylic acid groups (broad SMARTS) is 15. The molecule has 0 spiro atoms. The third-order valence-corrected chi connectivity index (χ3v) is 13.7. The number of hydrogen-bond donors (Lipinski definition) is 22. The molecule has 0 aliphatic rings. The van der Waals surface area contributed by atoms with Crippen LogP contribution in [0, 0.1) is 0 Å². The van der Waals surface area contributed by atoms with Gasteiger partial charge < -0.3 is 103 Å². The number of ketones is 1. The second kappa shape index (κ2) is 59.9. The van der Waals surface area contributed by atoms with Gasteiger partial charge in [-0.2, -0.15) is 0 Å². The van der Waals surface area contributed by atoms with E-state index in [1.54, 1.807) is 53.4 Å². The van der Waals surface area contributed by atoms with Gasteiger partial charge in [0, 0.05) is 43.7 Å². The second-order valence-corrected chi connectivity index (χ2v) is 23.2. The first kappa shape index (κ1) is 103. The summed E-state index contributed by atoms with van der Waals surface area (Å²) in [6, 6.07) is 17.8. The number of phenols is 3. The lowest BCUT2D eigenvalue weighted by atomic mass is 9.93. The average Bonchev–Trinajstić information content (AvgIpc) is 0.855. The van der Waals surface area contributed by atoms with Gasteiger partial charge in [-0.25, -0.2) is 5.48 Å². The van der Waals surface area contributed by atoms with Crippen LogP contribution in [0.3, 0.4) is 0 Å². The molecule has 3 aromatic rings. The van der Waals surface area contributed by atoms with Crippen molar-refractivity contribution in [3.63, 3.8) is 0 Å². The number of carbonyl (C=O) groups excluding carboxylic acids is 2. The largest absolute Gasteiger partial charge is 0.508 e. The molecule has 22 N–H and O–H groups in total. The lowest BCUT2D eigenvalue weighted by molar-refractivity contribution is -0.145. The van der Waals surface area contributed by atoms with Crippen molar-refractivity contribution in [3.8, 4) is 17.2 Å². The summed E-state index contributed by atoms with van der Waals surface area (Å²) in [6.07, 6.45) is 2.68. The number of carbonyl (C=O) groups is 17. The van der Waals surface area contributed by atoms with E-state index >= 15 is 0 Å². The van der Waals surface area contributed by atoms with Crippen LogP contribution >= 0.6 is 0 Å². The second-order valence-electron chi connectivity index (χ2n) is 23.2. The number of phenolic OH excluding ortho intramolecular Hbond substituents is 3. The van der Waals surface area contributed by atoms with Gasteiger partial charge >= 0.3 is 89.5 Å². The zero-order valence-corrected chi connectivity index (χ0v) is 60.0. The van der Waals surface area contributed by atoms with Crippen LogP contribution < -0.4 is 16.1 Å². The van der Waals surface area contributed by atoms with E-state index in [4.69, 9.17) is 76.7 Å². The zero-order chi connectivity index (χ0) is 85.3. The number of nitrogens with one attached hydrogen (secondary N) is 3. The Morgan fingerprint density at radius 1 is 0.333 bits per heavy atom. The molecule has 2 atom stereocenters. The first-order valence-corrected chi connectivity index (χ1v) is 32.8. The van der Waals surface area contributed by atoms with Crippen LogP contribution in [-0.4, -0.2) is 365 Å². The number of aliphatic carboxylic acids is 15. The standard InChI is InChI=1S/C19H21NO6.C16H27N3O10.C10H16N2O8.C8H8O2.C7H13NO4.C6H10N2O6/c21-15-9-3-1-6-12(15)13(18(23)24)8-5-11-20-17(19(25)26)14-7-2-4-10-16(14)22;20-12(21)7-17(3-1-5-18(8-13(22)23)9-14(24)25)4-2-6-19(10-15(26)27)11-16(28)29;13-7(14)3-11(4-8(15)16)1-2-12(5-9(17)18)6-10(19)20;1-6(9)7-4-2-3-5-8(7)10;9-6(10)3-1-2-4-8-5-7(11)12;9-4(7-14)1-8(2-5(10)11)3-6(12)13/h1-4,6-7,9-10,13,17,20-22H,5,8,11H2,(H,23,24)(H,25,26);1-11H2,(H,20,21)(H,22,23)(H,24,25)(H,26,27)(H,28,29);1-6H2,(H,13,14)(H,15,16)(H,17,18)(H,19,20);2-5,10H,1H3;8H,1-5H2,(H,9,10)(H,11,12);14H,1-3H2,(H,7,9)(H,10,11)(H,12,13). The number of aromatic hydroxyl groups is 3. The van der Waals surface area contributed by atoms with Crippen molar-refractivity contribution < 1.29 is 179 Å². The van der Waals surface area contributed by atoms with Crippen LogP contribution in [0.15, 0.2) is 72.8 Å². The molecule has 3 aromatic carbocycles. The van der Waals surface area contributed by atoms with Crippen molar-refractivity contribution in [2.75, 3.05) is 137 Å². The summed E-state index contributed by atoms with van der Waals surface area (Å²) < 4.78 is 0. The molecule has 620 valence electrons. The molecule has 0 radical (unpaired) electrons. The molecule has 0 heterocycles. The van der Waals surface area contributed by atoms with Crippen LogP contribution in [0.4, 0.5) is 0 Å². The van der Waals surface area contributed by atoms with Crippen molar-refractivity contribution in [1.29, 1.82) is 0 Å². The van der Waals surface area contributed by atoms with Crippen molar-refractivity contribution >= 4 is 101 Å². The molecular weight excluding hydrogens is 1490 g/mol. The number of rotatable bonds is 52. The number of para-hydroxylation sites is 3. The molecule has 2 unspecified atom stereocenters. The lowest BCUT2D eigenvalue weighted by Gasteiger charge is -2.24. The fourth-order valence-corrected chi connectivity index (χ4v) is 9.26. The van der Waals surface area contributed by atoms with Crippen LogP contribution in [0.25, 0.3) is 0 Å². The maximum absolute atomic E-state index is 11.5. The van der Waals surface area contributed by atoms with Crippen LogP contribution in [0.2, 0.25) is 0 Å². The van der Waals surface area contributed by atoms with E-state index in [-0.39, 0.29) is 100 Å². The van der Waals surface area contributed by atoms with Crippen molar-refractivity contribution in [3.05, 3.63) is 89.5 Å². The Morgan fingerprint density at radius 2 is 0.667 bits per heavy atom. The first-order valence-electron chi connectivity index (χ1n) is 32.8. The van der Waals surface area contributed by atoms with E-state index in [9.17, 15) is 102 Å². The van der Waals surface area contributed by atoms with Gasteiger partial charge in [-0.05, 0) is 95.9 Å². The Kier molecular flexibility index (Phi) is 55.6. The van der Waals surface area contributed by atoms with E-state index in [1.807, 2.05) is 0 Å². The van der Waals surface area contributed by atoms with Gasteiger partial charge in [0.05, 0.1) is 96.6 Å². The molecule has 0 aliphatic heterocycles. The monoisotopic (exact) mass is 1590 g/mol. The van der Waals surface area contributed by atoms with E-state index in [2.05, 4.69) is 10.6 Å². The van der Waals surface area contributed by atoms with Gasteiger partial charge in [-0.3, -0.25) is 116 Å². The van der Waals surface area contributed by atoms with Gasteiger partial charge in [-0.1, -0.05) is 48.5 Å². The van der Waals surface area contributed by atoms with Crippen LogP contribution in [0.1, 0.15) is 85.3 Å². The highest BCUT2D eigenvalue weighted by Crippen LogP contribution is 2.30. The molecular formula is C66H95N9O36. The molecule has 3 rings (SSSR count). The summed E-state index contributed by atoms with van der Waals surface area (Å²) >= 11 is 0. The minimum atomic E-state index is -1.25. The zero-order valence-electron chi connectivity index (χ0n) is 60.0. The van der Waals surface area contributed by atoms with Crippen molar-refractivity contribution in [2.24, 2.45) is 0 Å². The maximum Gasteiger partial charge on any atom is 0.325 e. The summed E-state index contributed by atoms with van der Waals surface area (Å²) in [5, 5.41) is 173. The smallest absolute Gasteiger partial charge is 0.325 e. The Bertz CT molecular complexity index is 3250. The minimum Gasteiger partial charge on any atom is -0.508 e. The molecule has 1 amide bonds. The predicted octanol–water partition coefficient (Wildman–Crippen LogP) is -2.04. The summed E-state index contributed by atoms with van der Waals surface area (Å²) in [5.41, 5.74) is 2.23. The summed E-state index contributed by atoms with van der Waals surface area (Å²) in [7, 11) is 0. The van der Waals surface area contributed by atoms with Gasteiger partial charge in [0.25, 0.3) is 5.91 Å². The number of hydroxylamine groups is 1. The normalized spacial score (nSPS) is 11.0. The van der Waals surface area contributed by atoms with Crippen LogP contribution in [0.5, 0.6) is 17.2 Å². The fourth-order valence-electron chi connectivity index (χ4n) is 9.26. The highest BCUT2D eigenvalue weighted by molar-refractivity contribution is 5.96. The Balaban J connectivity index is -0.00000131. The maximum atomic E-state index is 11.5. The van der Waals surface area contributed by atoms with Gasteiger partial charge in [-0.15, -0.1) is 0 Å². The molecule has 0 aliphatic carbocycles. The molecule has 0 saturated heterocycles. The van der Waals surface area contributed by atoms with E-state index in [0.717, 1.165) is 14.7 Å². The van der Waals surface area contributed by atoms with Gasteiger partial charge in [0.15, 0.2) is 5.78 Å². The van der Waals surface area contributed by atoms with Crippen molar-refractivity contribution in [2.45, 2.75) is 63.8 Å². The lowest BCUT2D eigenvalue weighted by Crippen LogP contribution is -2.43. The first-order chi connectivity index (χ1) is 51.9. The Morgan fingerprint density at radius 3 is 0.982 bits per heavy atom. The highest BCUT2D eigenvalue weighted by Gasteiger charge is 2.26. The number of nitrogens with zero attached hydrogens (tertiary/aromatic N) is 6. The topological polar surface area (TPSA) is 730 Å². The average molecular weight is 1590 g/mol. The molecule has 0 aromatic heterocycles. The van der Waals surface area contributed by atoms with E-state index < -0.39 is 179 Å². The highest BCUT2D eigenvalue weighted by atomic mass is 16.5. The minimum absolute atomic E-state index is 0.0509. The third kappa shape index (κ3) is 58.6. The molecule has 45 nitrogen and oxygen atoms in total. The predicted molar refractivity (Wildman–Crippen MR) is 376 cm³/mol. The molecule has 0 fully saturated rings. The molecule has 0 saturated carbocycles.